The summed E-state index contributed by atoms with van der Waals surface area (Å²) in [7, 11) is 0. The molecule has 1 aromatic heterocycles. The lowest BCUT2D eigenvalue weighted by molar-refractivity contribution is -0.113. The molecule has 0 radical (unpaired) electrons. The molecule has 0 aliphatic rings. The minimum Gasteiger partial charge on any atom is -0.322 e. The molecule has 0 saturated heterocycles. The molecule has 0 bridgehead atoms. The number of halogens is 1. The van der Waals surface area contributed by atoms with E-state index in [0.717, 1.165) is 10.5 Å². The van der Waals surface area contributed by atoms with E-state index in [1.165, 1.54) is 18.0 Å². The number of nitrogens with zero attached hydrogens (tertiary/aromatic N) is 1. The number of thioether (sulfide) groups is 1. The fraction of sp³-hybridized carbons (Fsp3) is 0.0952. The van der Waals surface area contributed by atoms with Gasteiger partial charge in [-0.05, 0) is 55.0 Å². The van der Waals surface area contributed by atoms with E-state index in [9.17, 15) is 9.59 Å². The molecule has 2 aromatic carbocycles. The maximum Gasteiger partial charge on any atom is 0.255 e. The van der Waals surface area contributed by atoms with E-state index in [1.54, 1.807) is 18.2 Å². The fourth-order valence-electron chi connectivity index (χ4n) is 2.44. The van der Waals surface area contributed by atoms with Crippen LogP contribution in [-0.4, -0.2) is 22.6 Å². The quantitative estimate of drug-likeness (QED) is 0.558. The second-order valence-electron chi connectivity index (χ2n) is 5.99. The average Bonchev–Trinajstić information content (AvgIpc) is 2.69. The van der Waals surface area contributed by atoms with Crippen LogP contribution in [0.25, 0.3) is 0 Å². The van der Waals surface area contributed by atoms with Crippen molar-refractivity contribution in [3.63, 3.8) is 0 Å². The van der Waals surface area contributed by atoms with E-state index < -0.39 is 0 Å². The lowest BCUT2D eigenvalue weighted by Gasteiger charge is -2.08. The van der Waals surface area contributed by atoms with Gasteiger partial charge in [0.1, 0.15) is 5.82 Å². The van der Waals surface area contributed by atoms with Gasteiger partial charge in [0.15, 0.2) is 0 Å². The number of amides is 2. The summed E-state index contributed by atoms with van der Waals surface area (Å²) in [5, 5.41) is 6.11. The molecule has 1 heterocycles. The number of hydrogen-bond acceptors (Lipinski definition) is 4. The summed E-state index contributed by atoms with van der Waals surface area (Å²) in [5.74, 6) is 0.411. The highest BCUT2D eigenvalue weighted by Crippen LogP contribution is 2.21. The Bertz CT molecular complexity index is 976. The van der Waals surface area contributed by atoms with Crippen LogP contribution in [0.15, 0.2) is 71.8 Å². The Kier molecular flexibility index (Phi) is 6.68. The van der Waals surface area contributed by atoms with Crippen LogP contribution in [0.2, 0.25) is 5.02 Å². The smallest absolute Gasteiger partial charge is 0.255 e. The largest absolute Gasteiger partial charge is 0.322 e. The van der Waals surface area contributed by atoms with Crippen LogP contribution in [-0.2, 0) is 4.79 Å². The summed E-state index contributed by atoms with van der Waals surface area (Å²) in [6, 6.07) is 18.1. The molecule has 142 valence electrons. The molecule has 3 rings (SSSR count). The third-order valence-corrected chi connectivity index (χ3v) is 5.10. The monoisotopic (exact) mass is 411 g/mol. The number of hydrogen-bond donors (Lipinski definition) is 2. The summed E-state index contributed by atoms with van der Waals surface area (Å²) in [6.45, 7) is 1.90. The van der Waals surface area contributed by atoms with Gasteiger partial charge in [-0.25, -0.2) is 4.98 Å². The molecule has 7 heteroatoms. The van der Waals surface area contributed by atoms with E-state index in [4.69, 9.17) is 11.6 Å². The van der Waals surface area contributed by atoms with Crippen molar-refractivity contribution >= 4 is 46.7 Å². The van der Waals surface area contributed by atoms with Gasteiger partial charge in [0.2, 0.25) is 5.91 Å². The van der Waals surface area contributed by atoms with Gasteiger partial charge in [-0.15, -0.1) is 11.8 Å². The number of carbonyl (C=O) groups excluding carboxylic acids is 2. The number of carbonyl (C=O) groups is 2. The molecule has 0 atom stereocenters. The maximum absolute atomic E-state index is 12.3. The molecular formula is C21H18ClN3O2S. The zero-order valence-corrected chi connectivity index (χ0v) is 16.7. The van der Waals surface area contributed by atoms with Gasteiger partial charge in [0.25, 0.3) is 5.91 Å². The topological polar surface area (TPSA) is 71.1 Å². The molecule has 2 N–H and O–H groups in total. The van der Waals surface area contributed by atoms with Gasteiger partial charge >= 0.3 is 0 Å². The van der Waals surface area contributed by atoms with E-state index in [2.05, 4.69) is 15.6 Å². The Labute approximate surface area is 172 Å². The van der Waals surface area contributed by atoms with Crippen molar-refractivity contribution in [1.82, 2.24) is 4.98 Å². The Morgan fingerprint density at radius 1 is 1.00 bits per heavy atom. The van der Waals surface area contributed by atoms with Crippen molar-refractivity contribution in [3.8, 4) is 0 Å². The Morgan fingerprint density at radius 3 is 2.43 bits per heavy atom. The molecule has 0 fully saturated rings. The molecule has 0 saturated carbocycles. The lowest BCUT2D eigenvalue weighted by atomic mass is 10.1. The van der Waals surface area contributed by atoms with Crippen LogP contribution in [0.1, 0.15) is 15.9 Å². The second kappa shape index (κ2) is 9.39. The molecule has 3 aromatic rings. The molecular weight excluding hydrogens is 394 g/mol. The van der Waals surface area contributed by atoms with Crippen molar-refractivity contribution in [2.45, 2.75) is 11.8 Å². The van der Waals surface area contributed by atoms with Crippen LogP contribution < -0.4 is 10.6 Å². The predicted molar refractivity (Wildman–Crippen MR) is 114 cm³/mol. The van der Waals surface area contributed by atoms with E-state index in [0.29, 0.717) is 22.1 Å². The Morgan fingerprint density at radius 2 is 1.75 bits per heavy atom. The van der Waals surface area contributed by atoms with Gasteiger partial charge in [0, 0.05) is 22.3 Å². The highest BCUT2D eigenvalue weighted by molar-refractivity contribution is 8.00. The molecule has 0 unspecified atom stereocenters. The average molecular weight is 412 g/mol. The summed E-state index contributed by atoms with van der Waals surface area (Å²) < 4.78 is 0. The van der Waals surface area contributed by atoms with E-state index in [1.807, 2.05) is 49.4 Å². The third-order valence-electron chi connectivity index (χ3n) is 3.87. The van der Waals surface area contributed by atoms with Gasteiger partial charge in [-0.1, -0.05) is 29.8 Å². The van der Waals surface area contributed by atoms with Gasteiger partial charge < -0.3 is 10.6 Å². The Hall–Kier alpha value is -2.83. The number of rotatable bonds is 6. The highest BCUT2D eigenvalue weighted by atomic mass is 35.5. The van der Waals surface area contributed by atoms with E-state index in [-0.39, 0.29) is 17.6 Å². The minimum atomic E-state index is -0.156. The molecule has 2 amide bonds. The molecule has 0 spiro atoms. The highest BCUT2D eigenvalue weighted by Gasteiger charge is 2.09. The first-order chi connectivity index (χ1) is 13.5. The summed E-state index contributed by atoms with van der Waals surface area (Å²) in [6.07, 6.45) is 1.48. The molecule has 28 heavy (non-hydrogen) atoms. The lowest BCUT2D eigenvalue weighted by Crippen LogP contribution is -2.14. The third kappa shape index (κ3) is 5.58. The van der Waals surface area contributed by atoms with Crippen molar-refractivity contribution < 1.29 is 9.59 Å². The zero-order valence-electron chi connectivity index (χ0n) is 15.1. The first kappa shape index (κ1) is 19.9. The number of aromatic nitrogens is 1. The number of aryl methyl sites for hydroxylation is 1. The van der Waals surface area contributed by atoms with Crippen molar-refractivity contribution in [1.29, 1.82) is 0 Å². The number of anilines is 2. The zero-order chi connectivity index (χ0) is 19.9. The molecule has 0 aliphatic heterocycles. The first-order valence-electron chi connectivity index (χ1n) is 8.52. The summed E-state index contributed by atoms with van der Waals surface area (Å²) in [4.78, 5) is 29.3. The normalized spacial score (nSPS) is 10.4. The number of nitrogens with one attached hydrogen (secondary N) is 2. The van der Waals surface area contributed by atoms with Crippen LogP contribution >= 0.6 is 23.4 Å². The van der Waals surface area contributed by atoms with Gasteiger partial charge in [0.05, 0.1) is 10.8 Å². The number of pyridine rings is 1. The van der Waals surface area contributed by atoms with Gasteiger partial charge in [-0.2, -0.15) is 0 Å². The van der Waals surface area contributed by atoms with Crippen molar-refractivity contribution in [3.05, 3.63) is 83.0 Å². The molecule has 0 aliphatic carbocycles. The first-order valence-corrected chi connectivity index (χ1v) is 9.89. The standard InChI is InChI=1S/C21H18ClN3O2S/c1-14-4-2-3-5-18(14)21(27)24-16-7-9-17(10-8-16)28-13-20(26)25-19-11-6-15(22)12-23-19/h2-12H,13H2,1H3,(H,24,27)(H,23,25,26). The maximum atomic E-state index is 12.3. The van der Waals surface area contributed by atoms with Crippen LogP contribution in [0.4, 0.5) is 11.5 Å². The van der Waals surface area contributed by atoms with Crippen LogP contribution in [0.5, 0.6) is 0 Å². The van der Waals surface area contributed by atoms with Crippen LogP contribution in [0, 0.1) is 6.92 Å². The minimum absolute atomic E-state index is 0.145. The van der Waals surface area contributed by atoms with Crippen molar-refractivity contribution in [2.24, 2.45) is 0 Å². The predicted octanol–water partition coefficient (Wildman–Crippen LogP) is 5.03. The summed E-state index contributed by atoms with van der Waals surface area (Å²) in [5.41, 5.74) is 2.27. The SMILES string of the molecule is Cc1ccccc1C(=O)Nc1ccc(SCC(=O)Nc2ccc(Cl)cn2)cc1. The van der Waals surface area contributed by atoms with E-state index >= 15 is 0 Å². The Balaban J connectivity index is 1.51. The number of benzene rings is 2. The molecule has 5 nitrogen and oxygen atoms in total. The van der Waals surface area contributed by atoms with Gasteiger partial charge in [-0.3, -0.25) is 9.59 Å². The van der Waals surface area contributed by atoms with Crippen LogP contribution in [0.3, 0.4) is 0 Å². The second-order valence-corrected chi connectivity index (χ2v) is 7.48. The van der Waals surface area contributed by atoms with Crippen molar-refractivity contribution in [2.75, 3.05) is 16.4 Å². The fourth-order valence-corrected chi connectivity index (χ4v) is 3.25. The summed E-state index contributed by atoms with van der Waals surface area (Å²) >= 11 is 7.17.